The van der Waals surface area contributed by atoms with E-state index in [9.17, 15) is 5.11 Å². The minimum atomic E-state index is -1.06. The number of imidazole rings is 1. The number of aromatic nitrogens is 4. The van der Waals surface area contributed by atoms with Crippen molar-refractivity contribution >= 4 is 22.9 Å². The van der Waals surface area contributed by atoms with Crippen LogP contribution in [0.25, 0.3) is 11.2 Å². The highest BCUT2D eigenvalue weighted by atomic mass is 32.2. The summed E-state index contributed by atoms with van der Waals surface area (Å²) in [4.78, 5) is 14.1. The lowest BCUT2D eigenvalue weighted by molar-refractivity contribution is -0.0931. The van der Waals surface area contributed by atoms with Crippen LogP contribution in [0, 0.1) is 0 Å². The molecule has 0 unspecified atom stereocenters. The number of unbranched alkanes of at least 4 members (excludes halogenated alkanes) is 3. The van der Waals surface area contributed by atoms with E-state index in [4.69, 9.17) is 38.1 Å². The summed E-state index contributed by atoms with van der Waals surface area (Å²) in [5, 5.41) is 12.4. The third-order valence-electron chi connectivity index (χ3n) is 13.2. The number of thioether (sulfide) groups is 1. The van der Waals surface area contributed by atoms with E-state index in [1.807, 2.05) is 102 Å². The molecule has 0 aliphatic carbocycles. The molecule has 3 heterocycles. The van der Waals surface area contributed by atoms with E-state index in [0.29, 0.717) is 24.2 Å². The summed E-state index contributed by atoms with van der Waals surface area (Å²) >= 11 is 1.68. The van der Waals surface area contributed by atoms with Gasteiger partial charge in [0.1, 0.15) is 63.4 Å². The van der Waals surface area contributed by atoms with Crippen LogP contribution < -0.4 is 18.9 Å². The molecule has 1 saturated heterocycles. The Labute approximate surface area is 419 Å². The Hall–Kier alpha value is -6.74. The fourth-order valence-electron chi connectivity index (χ4n) is 9.49. The van der Waals surface area contributed by atoms with Gasteiger partial charge in [-0.05, 0) is 101 Å². The van der Waals surface area contributed by atoms with Crippen molar-refractivity contribution < 1.29 is 38.3 Å². The number of aliphatic hydroxyl groups excluding tert-OH is 1. The summed E-state index contributed by atoms with van der Waals surface area (Å²) in [7, 11) is 6.66. The Balaban J connectivity index is 0.837. The van der Waals surface area contributed by atoms with Gasteiger partial charge in [0, 0.05) is 13.0 Å². The third-order valence-corrected chi connectivity index (χ3v) is 14.3. The quantitative estimate of drug-likeness (QED) is 0.0284. The van der Waals surface area contributed by atoms with E-state index in [2.05, 4.69) is 70.6 Å². The second-order valence-corrected chi connectivity index (χ2v) is 18.4. The summed E-state index contributed by atoms with van der Waals surface area (Å²) in [6.07, 6.45) is 5.61. The average molecular weight is 973 g/mol. The third kappa shape index (κ3) is 10.5. The van der Waals surface area contributed by atoms with Crippen LogP contribution in [-0.2, 0) is 25.4 Å². The molecule has 1 N–H and O–H groups in total. The van der Waals surface area contributed by atoms with Gasteiger partial charge in [-0.3, -0.25) is 4.57 Å². The Morgan fingerprint density at radius 3 is 1.48 bits per heavy atom. The van der Waals surface area contributed by atoms with E-state index >= 15 is 0 Å². The topological polar surface area (TPSA) is 128 Å². The number of nitrogens with zero attached hydrogens (tertiary/aromatic N) is 4. The zero-order valence-corrected chi connectivity index (χ0v) is 41.4. The number of fused-ring (bicyclic) bond motifs is 1. The fourth-order valence-corrected chi connectivity index (χ4v) is 10.4. The lowest BCUT2D eigenvalue weighted by Crippen LogP contribution is -2.38. The Bertz CT molecular complexity index is 2810. The lowest BCUT2D eigenvalue weighted by atomic mass is 9.80. The first-order valence-corrected chi connectivity index (χ1v) is 25.0. The van der Waals surface area contributed by atoms with Crippen LogP contribution in [-0.4, -0.2) is 84.2 Å². The summed E-state index contributed by atoms with van der Waals surface area (Å²) in [6, 6.07) is 52.5. The molecule has 8 aromatic rings. The van der Waals surface area contributed by atoms with Crippen LogP contribution in [0.15, 0.2) is 175 Å². The van der Waals surface area contributed by atoms with Crippen LogP contribution in [0.5, 0.6) is 23.0 Å². The van der Waals surface area contributed by atoms with Gasteiger partial charge in [-0.15, -0.1) is 11.8 Å². The highest BCUT2D eigenvalue weighted by molar-refractivity contribution is 7.99. The van der Waals surface area contributed by atoms with Crippen LogP contribution in [0.3, 0.4) is 0 Å². The predicted octanol–water partition coefficient (Wildman–Crippen LogP) is 11.2. The molecular formula is C58H60N4O8S. The predicted molar refractivity (Wildman–Crippen MR) is 276 cm³/mol. The molecule has 0 spiro atoms. The van der Waals surface area contributed by atoms with Gasteiger partial charge in [0.25, 0.3) is 0 Å². The molecule has 0 amide bonds. The van der Waals surface area contributed by atoms with Crippen LogP contribution in [0.1, 0.15) is 71.7 Å². The molecule has 1 aliphatic heterocycles. The first-order valence-electron chi connectivity index (χ1n) is 24.0. The fraction of sp³-hybridized carbons (Fsp3) is 0.293. The molecule has 6 aromatic carbocycles. The normalized spacial score (nSPS) is 16.0. The highest BCUT2D eigenvalue weighted by Gasteiger charge is 2.43. The van der Waals surface area contributed by atoms with Gasteiger partial charge in [-0.2, -0.15) is 0 Å². The first kappa shape index (κ1) is 49.2. The van der Waals surface area contributed by atoms with E-state index in [1.54, 1.807) is 52.9 Å². The smallest absolute Gasteiger partial charge is 0.166 e. The molecule has 366 valence electrons. The lowest BCUT2D eigenvalue weighted by Gasteiger charge is -2.37. The molecule has 2 aromatic heterocycles. The van der Waals surface area contributed by atoms with Crippen molar-refractivity contribution in [3.63, 3.8) is 0 Å². The summed E-state index contributed by atoms with van der Waals surface area (Å²) in [5.74, 6) is 3.91. The zero-order valence-electron chi connectivity index (χ0n) is 40.6. The monoisotopic (exact) mass is 972 g/mol. The minimum Gasteiger partial charge on any atom is -0.497 e. The molecule has 0 bridgehead atoms. The van der Waals surface area contributed by atoms with E-state index in [0.717, 1.165) is 92.8 Å². The summed E-state index contributed by atoms with van der Waals surface area (Å²) in [5.41, 5.74) is 5.27. The second kappa shape index (κ2) is 23.0. The number of methoxy groups -OCH3 is 4. The van der Waals surface area contributed by atoms with Gasteiger partial charge in [-0.25, -0.2) is 15.0 Å². The zero-order chi connectivity index (χ0) is 49.0. The second-order valence-electron chi connectivity index (χ2n) is 17.4. The first-order chi connectivity index (χ1) is 34.9. The molecular weight excluding hydrogens is 913 g/mol. The largest absolute Gasteiger partial charge is 0.497 e. The Morgan fingerprint density at radius 1 is 0.549 bits per heavy atom. The van der Waals surface area contributed by atoms with Crippen LogP contribution >= 0.6 is 11.8 Å². The number of hydrogen-bond acceptors (Lipinski definition) is 12. The van der Waals surface area contributed by atoms with Crippen molar-refractivity contribution in [3.8, 4) is 23.0 Å². The molecule has 0 radical (unpaired) electrons. The minimum absolute atomic E-state index is 0.0959. The standard InChI is InChI=1S/C58H60N4O8S/c1-64-47-27-19-43(20-28-47)57(41-15-9-7-10-16-41,44-21-29-48(65-2)30-22-44)68-35-13-5-6-14-36-71-56-54-55(59-39-60-56)62(40-61-54)53-37-51(63)52(70-53)38-69-58(42-17-11-8-12-18-42,45-23-31-49(66-3)32-24-45)46-25-33-50(67-4)34-26-46/h7-12,15-34,39-40,51-53,63H,5-6,13-14,35-38H2,1-4H3/t51-,52+,53+/m0/s1. The maximum absolute atomic E-state index is 11.6. The molecule has 9 rings (SSSR count). The SMILES string of the molecule is COc1ccc(C(OCCCCCCSc2ncnc3c2ncn3[C@H]2C[C@H](O)[C@@H](COC(c3ccccc3)(c3ccc(OC)cc3)c3ccc(OC)cc3)O2)(c2ccccc2)c2ccc(OC)cc2)cc1. The Kier molecular flexibility index (Phi) is 16.0. The average Bonchev–Trinajstić information content (AvgIpc) is 4.05. The summed E-state index contributed by atoms with van der Waals surface area (Å²) < 4.78 is 44.7. The molecule has 1 aliphatic rings. The van der Waals surface area contributed by atoms with E-state index in [1.165, 1.54) is 0 Å². The molecule has 1 fully saturated rings. The number of ether oxygens (including phenoxy) is 7. The molecule has 0 saturated carbocycles. The summed E-state index contributed by atoms with van der Waals surface area (Å²) in [6.45, 7) is 0.660. The van der Waals surface area contributed by atoms with Gasteiger partial charge in [0.2, 0.25) is 0 Å². The number of hydrogen-bond donors (Lipinski definition) is 1. The van der Waals surface area contributed by atoms with Crippen molar-refractivity contribution in [1.82, 2.24) is 19.5 Å². The van der Waals surface area contributed by atoms with Gasteiger partial charge >= 0.3 is 0 Å². The van der Waals surface area contributed by atoms with Crippen molar-refractivity contribution in [2.24, 2.45) is 0 Å². The van der Waals surface area contributed by atoms with Crippen LogP contribution in [0.2, 0.25) is 0 Å². The van der Waals surface area contributed by atoms with Gasteiger partial charge in [0.05, 0.1) is 47.5 Å². The highest BCUT2D eigenvalue weighted by Crippen LogP contribution is 2.44. The van der Waals surface area contributed by atoms with Crippen molar-refractivity contribution in [3.05, 3.63) is 204 Å². The van der Waals surface area contributed by atoms with E-state index < -0.39 is 29.6 Å². The maximum Gasteiger partial charge on any atom is 0.166 e. The van der Waals surface area contributed by atoms with Crippen molar-refractivity contribution in [2.75, 3.05) is 47.4 Å². The van der Waals surface area contributed by atoms with Crippen molar-refractivity contribution in [1.29, 1.82) is 0 Å². The number of benzene rings is 6. The molecule has 71 heavy (non-hydrogen) atoms. The maximum atomic E-state index is 11.6. The van der Waals surface area contributed by atoms with Gasteiger partial charge < -0.3 is 38.3 Å². The number of aliphatic hydroxyl groups is 1. The van der Waals surface area contributed by atoms with Crippen LogP contribution in [0.4, 0.5) is 0 Å². The van der Waals surface area contributed by atoms with Crippen molar-refractivity contribution in [2.45, 2.75) is 66.8 Å². The number of rotatable bonds is 23. The van der Waals surface area contributed by atoms with E-state index in [-0.39, 0.29) is 6.61 Å². The van der Waals surface area contributed by atoms with Gasteiger partial charge in [0.15, 0.2) is 5.65 Å². The van der Waals surface area contributed by atoms with Gasteiger partial charge in [-0.1, -0.05) is 122 Å². The molecule has 3 atom stereocenters. The molecule has 12 nitrogen and oxygen atoms in total. The molecule has 13 heteroatoms. The Morgan fingerprint density at radius 2 is 1.00 bits per heavy atom.